The number of primary amides is 1. The van der Waals surface area contributed by atoms with Crippen LogP contribution in [0.25, 0.3) is 0 Å². The highest BCUT2D eigenvalue weighted by molar-refractivity contribution is 5.95. The van der Waals surface area contributed by atoms with Crippen molar-refractivity contribution >= 4 is 5.91 Å². The smallest absolute Gasteiger partial charge is 0.365 e. The van der Waals surface area contributed by atoms with Crippen LogP contribution in [0.2, 0.25) is 0 Å². The Labute approximate surface area is 87.1 Å². The Kier molecular flexibility index (Phi) is 2.85. The van der Waals surface area contributed by atoms with Gasteiger partial charge in [-0.25, -0.2) is 4.39 Å². The number of halogens is 4. The number of hydrogen-bond donors (Lipinski definition) is 1. The van der Waals surface area contributed by atoms with Gasteiger partial charge < -0.3 is 5.73 Å². The highest BCUT2D eigenvalue weighted by Crippen LogP contribution is 2.31. The lowest BCUT2D eigenvalue weighted by Crippen LogP contribution is -2.17. The van der Waals surface area contributed by atoms with E-state index < -0.39 is 34.6 Å². The number of hydrogen-bond acceptors (Lipinski definition) is 2. The maximum atomic E-state index is 13.1. The number of amides is 1. The zero-order valence-electron chi connectivity index (χ0n) is 7.60. The molecule has 0 saturated carbocycles. The summed E-state index contributed by atoms with van der Waals surface area (Å²) in [5, 5.41) is 8.49. The van der Waals surface area contributed by atoms with Crippen LogP contribution in [0.1, 0.15) is 21.5 Å². The molecule has 0 aliphatic carbocycles. The molecule has 1 rings (SSSR count). The Balaban J connectivity index is 3.52. The predicted octanol–water partition coefficient (Wildman–Crippen LogP) is 1.82. The third-order valence-corrected chi connectivity index (χ3v) is 1.78. The first-order valence-electron chi connectivity index (χ1n) is 3.88. The van der Waals surface area contributed by atoms with Crippen LogP contribution in [0.5, 0.6) is 0 Å². The van der Waals surface area contributed by atoms with Gasteiger partial charge in [-0.2, -0.15) is 18.4 Å². The molecule has 0 spiro atoms. The van der Waals surface area contributed by atoms with Crippen molar-refractivity contribution in [2.24, 2.45) is 5.73 Å². The van der Waals surface area contributed by atoms with Gasteiger partial charge in [0.1, 0.15) is 11.9 Å². The molecule has 1 amide bonds. The highest BCUT2D eigenvalue weighted by atomic mass is 19.4. The molecule has 0 radical (unpaired) electrons. The molecule has 16 heavy (non-hydrogen) atoms. The molecule has 0 unspecified atom stereocenters. The van der Waals surface area contributed by atoms with Crippen molar-refractivity contribution in [3.05, 3.63) is 34.6 Å². The molecule has 2 N–H and O–H groups in total. The van der Waals surface area contributed by atoms with E-state index in [1.54, 1.807) is 0 Å². The highest BCUT2D eigenvalue weighted by Gasteiger charge is 2.33. The average molecular weight is 232 g/mol. The van der Waals surface area contributed by atoms with Gasteiger partial charge in [-0.05, 0) is 12.1 Å². The van der Waals surface area contributed by atoms with Crippen LogP contribution in [0.15, 0.2) is 12.1 Å². The van der Waals surface area contributed by atoms with Crippen LogP contribution in [-0.2, 0) is 6.18 Å². The maximum Gasteiger partial charge on any atom is 0.416 e. The Morgan fingerprint density at radius 1 is 1.38 bits per heavy atom. The molecule has 0 saturated heterocycles. The number of rotatable bonds is 1. The summed E-state index contributed by atoms with van der Waals surface area (Å²) >= 11 is 0. The number of benzene rings is 1. The molecular weight excluding hydrogens is 228 g/mol. The fourth-order valence-electron chi connectivity index (χ4n) is 1.11. The van der Waals surface area contributed by atoms with E-state index in [9.17, 15) is 22.4 Å². The lowest BCUT2D eigenvalue weighted by Gasteiger charge is -2.09. The summed E-state index contributed by atoms with van der Waals surface area (Å²) < 4.78 is 49.8. The number of nitrogens with zero attached hydrogens (tertiary/aromatic N) is 1. The standard InChI is InChI=1S/C9H4F4N2O/c10-6-2-5(9(11,12)13)1-4(3-14)7(6)8(15)16/h1-2H,(H2,15,16). The van der Waals surface area contributed by atoms with Gasteiger partial charge in [0.2, 0.25) is 0 Å². The summed E-state index contributed by atoms with van der Waals surface area (Å²) in [4.78, 5) is 10.7. The van der Waals surface area contributed by atoms with Gasteiger partial charge in [0.25, 0.3) is 5.91 Å². The van der Waals surface area contributed by atoms with Crippen molar-refractivity contribution in [3.8, 4) is 6.07 Å². The SMILES string of the molecule is N#Cc1cc(C(F)(F)F)cc(F)c1C(N)=O. The van der Waals surface area contributed by atoms with E-state index in [1.807, 2.05) is 0 Å². The van der Waals surface area contributed by atoms with Crippen LogP contribution < -0.4 is 5.73 Å². The summed E-state index contributed by atoms with van der Waals surface area (Å²) in [5.41, 5.74) is 1.82. The summed E-state index contributed by atoms with van der Waals surface area (Å²) in [6.07, 6.45) is -4.79. The summed E-state index contributed by atoms with van der Waals surface area (Å²) in [6, 6.07) is 1.79. The number of nitrogens with two attached hydrogens (primary N) is 1. The molecule has 1 aromatic rings. The van der Waals surface area contributed by atoms with Crippen LogP contribution in [-0.4, -0.2) is 5.91 Å². The van der Waals surface area contributed by atoms with Gasteiger partial charge in [-0.1, -0.05) is 0 Å². The van der Waals surface area contributed by atoms with Crippen molar-refractivity contribution in [2.45, 2.75) is 6.18 Å². The number of nitriles is 1. The first-order chi connectivity index (χ1) is 7.27. The van der Waals surface area contributed by atoms with Crippen molar-refractivity contribution in [1.29, 1.82) is 5.26 Å². The fourth-order valence-corrected chi connectivity index (χ4v) is 1.11. The van der Waals surface area contributed by atoms with Gasteiger partial charge in [0, 0.05) is 0 Å². The van der Waals surface area contributed by atoms with E-state index in [-0.39, 0.29) is 6.07 Å². The number of carbonyl (C=O) groups is 1. The van der Waals surface area contributed by atoms with E-state index in [4.69, 9.17) is 11.0 Å². The zero-order chi connectivity index (χ0) is 12.5. The summed E-state index contributed by atoms with van der Waals surface area (Å²) in [6.45, 7) is 0. The van der Waals surface area contributed by atoms with Gasteiger partial charge in [0.15, 0.2) is 0 Å². The molecule has 0 fully saturated rings. The second kappa shape index (κ2) is 3.81. The van der Waals surface area contributed by atoms with E-state index in [1.165, 1.54) is 6.07 Å². The molecule has 0 heterocycles. The van der Waals surface area contributed by atoms with Crippen LogP contribution in [0, 0.1) is 17.1 Å². The minimum absolute atomic E-state index is 0.126. The van der Waals surface area contributed by atoms with Crippen molar-refractivity contribution in [2.75, 3.05) is 0 Å². The Bertz CT molecular complexity index is 488. The minimum Gasteiger partial charge on any atom is -0.365 e. The van der Waals surface area contributed by atoms with Gasteiger partial charge >= 0.3 is 6.18 Å². The first kappa shape index (κ1) is 12.0. The summed E-state index contributed by atoms with van der Waals surface area (Å²) in [5.74, 6) is -2.75. The monoisotopic (exact) mass is 232 g/mol. The van der Waals surface area contributed by atoms with Crippen molar-refractivity contribution in [3.63, 3.8) is 0 Å². The molecule has 0 bridgehead atoms. The van der Waals surface area contributed by atoms with Crippen LogP contribution in [0.4, 0.5) is 17.6 Å². The fraction of sp³-hybridized carbons (Fsp3) is 0.111. The average Bonchev–Trinajstić information content (AvgIpc) is 2.14. The lowest BCUT2D eigenvalue weighted by molar-refractivity contribution is -0.137. The van der Waals surface area contributed by atoms with Crippen molar-refractivity contribution in [1.82, 2.24) is 0 Å². The van der Waals surface area contributed by atoms with Crippen LogP contribution >= 0.6 is 0 Å². The number of carbonyl (C=O) groups excluding carboxylic acids is 1. The topological polar surface area (TPSA) is 66.9 Å². The summed E-state index contributed by atoms with van der Waals surface area (Å²) in [7, 11) is 0. The predicted molar refractivity (Wildman–Crippen MR) is 44.6 cm³/mol. The maximum absolute atomic E-state index is 13.1. The van der Waals surface area contributed by atoms with Gasteiger partial charge in [-0.15, -0.1) is 0 Å². The van der Waals surface area contributed by atoms with Crippen LogP contribution in [0.3, 0.4) is 0 Å². The molecule has 84 valence electrons. The molecule has 0 aromatic heterocycles. The number of alkyl halides is 3. The third-order valence-electron chi connectivity index (χ3n) is 1.78. The van der Waals surface area contributed by atoms with Gasteiger partial charge in [-0.3, -0.25) is 4.79 Å². The van der Waals surface area contributed by atoms with E-state index in [0.29, 0.717) is 6.07 Å². The first-order valence-corrected chi connectivity index (χ1v) is 3.88. The molecule has 7 heteroatoms. The normalized spacial score (nSPS) is 10.9. The van der Waals surface area contributed by atoms with E-state index in [2.05, 4.69) is 0 Å². The third kappa shape index (κ3) is 2.11. The van der Waals surface area contributed by atoms with E-state index in [0.717, 1.165) is 0 Å². The molecule has 1 aromatic carbocycles. The molecule has 0 aliphatic heterocycles. The second-order valence-corrected chi connectivity index (χ2v) is 2.85. The Hall–Kier alpha value is -2.10. The molecule has 0 atom stereocenters. The van der Waals surface area contributed by atoms with Crippen molar-refractivity contribution < 1.29 is 22.4 Å². The largest absolute Gasteiger partial charge is 0.416 e. The lowest BCUT2D eigenvalue weighted by atomic mass is 10.0. The zero-order valence-corrected chi connectivity index (χ0v) is 7.60. The minimum atomic E-state index is -4.79. The molecule has 3 nitrogen and oxygen atoms in total. The Morgan fingerprint density at radius 2 is 1.94 bits per heavy atom. The molecular formula is C9H4F4N2O. The Morgan fingerprint density at radius 3 is 2.31 bits per heavy atom. The van der Waals surface area contributed by atoms with E-state index >= 15 is 0 Å². The quantitative estimate of drug-likeness (QED) is 0.750. The second-order valence-electron chi connectivity index (χ2n) is 2.85. The molecule has 0 aliphatic rings. The van der Waals surface area contributed by atoms with Gasteiger partial charge in [0.05, 0.1) is 16.7 Å².